The first kappa shape index (κ1) is 20.1. The third-order valence-electron chi connectivity index (χ3n) is 6.42. The largest absolute Gasteiger partial charge is 0.496 e. The molecule has 0 bridgehead atoms. The van der Waals surface area contributed by atoms with Gasteiger partial charge in [-0.25, -0.2) is 9.78 Å². The Morgan fingerprint density at radius 3 is 2.59 bits per heavy atom. The van der Waals surface area contributed by atoms with E-state index >= 15 is 0 Å². The van der Waals surface area contributed by atoms with Crippen LogP contribution in [0.15, 0.2) is 79.1 Å². The zero-order valence-corrected chi connectivity index (χ0v) is 17.9. The van der Waals surface area contributed by atoms with Gasteiger partial charge < -0.3 is 14.2 Å². The Morgan fingerprint density at radius 2 is 1.81 bits per heavy atom. The lowest BCUT2D eigenvalue weighted by Crippen LogP contribution is -2.46. The van der Waals surface area contributed by atoms with Crippen LogP contribution >= 0.6 is 0 Å². The maximum absolute atomic E-state index is 12.2. The summed E-state index contributed by atoms with van der Waals surface area (Å²) in [7, 11) is 1.66. The standard InChI is InChI=1S/C26H25N3O3/c1-32-22-13-6-5-11-20(22)21-12-7-15-28-18-23(27-24(21)28)26(14-8-16-29(26)25(30)31)17-19-9-3-2-4-10-19/h2-7,9-13,15,18H,8,14,16-17H2,1H3,(H,30,31)/t26-/m0/s1. The average molecular weight is 428 g/mol. The van der Waals surface area contributed by atoms with Crippen LogP contribution in [-0.2, 0) is 12.0 Å². The van der Waals surface area contributed by atoms with Gasteiger partial charge in [-0.15, -0.1) is 0 Å². The number of ether oxygens (including phenoxy) is 1. The average Bonchev–Trinajstić information content (AvgIpc) is 3.45. The quantitative estimate of drug-likeness (QED) is 0.474. The third-order valence-corrected chi connectivity index (χ3v) is 6.42. The Hall–Kier alpha value is -3.80. The Kier molecular flexibility index (Phi) is 5.05. The SMILES string of the molecule is COc1ccccc1-c1cccn2cc([C@@]3(Cc4ccccc4)CCCN3C(=O)O)nc12. The lowest BCUT2D eigenvalue weighted by Gasteiger charge is -2.35. The number of imidazole rings is 1. The van der Waals surface area contributed by atoms with Crippen LogP contribution in [0.25, 0.3) is 16.8 Å². The summed E-state index contributed by atoms with van der Waals surface area (Å²) >= 11 is 0. The smallest absolute Gasteiger partial charge is 0.408 e. The molecule has 1 aliphatic rings. The normalized spacial score (nSPS) is 18.2. The van der Waals surface area contributed by atoms with Gasteiger partial charge in [0.15, 0.2) is 0 Å². The zero-order valence-electron chi connectivity index (χ0n) is 17.9. The molecule has 6 heteroatoms. The van der Waals surface area contributed by atoms with E-state index in [0.717, 1.165) is 46.6 Å². The van der Waals surface area contributed by atoms with Gasteiger partial charge in [-0.3, -0.25) is 4.90 Å². The highest BCUT2D eigenvalue weighted by atomic mass is 16.5. The molecule has 1 N–H and O–H groups in total. The van der Waals surface area contributed by atoms with Crippen LogP contribution in [-0.4, -0.2) is 39.1 Å². The lowest BCUT2D eigenvalue weighted by molar-refractivity contribution is 0.0985. The molecule has 1 fully saturated rings. The number of likely N-dealkylation sites (tertiary alicyclic amines) is 1. The molecule has 0 unspecified atom stereocenters. The number of carbonyl (C=O) groups is 1. The molecule has 1 amide bonds. The molecule has 0 spiro atoms. The van der Waals surface area contributed by atoms with Gasteiger partial charge in [-0.2, -0.15) is 0 Å². The Bertz CT molecular complexity index is 1270. The molecule has 0 radical (unpaired) electrons. The molecular formula is C26H25N3O3. The summed E-state index contributed by atoms with van der Waals surface area (Å²) in [5.74, 6) is 0.775. The van der Waals surface area contributed by atoms with Crippen molar-refractivity contribution in [1.29, 1.82) is 0 Å². The predicted octanol–water partition coefficient (Wildman–Crippen LogP) is 5.22. The topological polar surface area (TPSA) is 67.1 Å². The van der Waals surface area contributed by atoms with Gasteiger partial charge in [0.1, 0.15) is 11.4 Å². The van der Waals surface area contributed by atoms with E-state index in [1.807, 2.05) is 71.4 Å². The van der Waals surface area contributed by atoms with E-state index in [9.17, 15) is 9.90 Å². The number of amides is 1. The number of hydrogen-bond acceptors (Lipinski definition) is 3. The van der Waals surface area contributed by atoms with Gasteiger partial charge in [0, 0.05) is 36.5 Å². The minimum atomic E-state index is -0.902. The van der Waals surface area contributed by atoms with Crippen LogP contribution in [0.1, 0.15) is 24.1 Å². The third kappa shape index (κ3) is 3.28. The van der Waals surface area contributed by atoms with Crippen LogP contribution in [0.4, 0.5) is 4.79 Å². The van der Waals surface area contributed by atoms with E-state index < -0.39 is 11.6 Å². The van der Waals surface area contributed by atoms with Crippen molar-refractivity contribution in [1.82, 2.24) is 14.3 Å². The molecule has 1 saturated heterocycles. The maximum Gasteiger partial charge on any atom is 0.408 e. The van der Waals surface area contributed by atoms with Crippen molar-refractivity contribution >= 4 is 11.7 Å². The number of fused-ring (bicyclic) bond motifs is 1. The lowest BCUT2D eigenvalue weighted by atomic mass is 9.85. The summed E-state index contributed by atoms with van der Waals surface area (Å²) in [6, 6.07) is 21.9. The van der Waals surface area contributed by atoms with E-state index in [0.29, 0.717) is 13.0 Å². The van der Waals surface area contributed by atoms with E-state index in [2.05, 4.69) is 12.1 Å². The maximum atomic E-state index is 12.2. The molecule has 2 aromatic heterocycles. The Labute approximate surface area is 186 Å². The molecule has 3 heterocycles. The molecule has 1 atom stereocenters. The summed E-state index contributed by atoms with van der Waals surface area (Å²) in [6.07, 6.45) is 5.18. The molecule has 1 aliphatic heterocycles. The molecule has 0 saturated carbocycles. The highest BCUT2D eigenvalue weighted by molar-refractivity contribution is 5.81. The molecule has 6 nitrogen and oxygen atoms in total. The molecule has 2 aromatic carbocycles. The number of benzene rings is 2. The van der Waals surface area contributed by atoms with Crippen LogP contribution in [0.3, 0.4) is 0 Å². The first-order valence-electron chi connectivity index (χ1n) is 10.8. The number of methoxy groups -OCH3 is 1. The second-order valence-electron chi connectivity index (χ2n) is 8.21. The van der Waals surface area contributed by atoms with Crippen molar-refractivity contribution in [2.45, 2.75) is 24.8 Å². The Balaban J connectivity index is 1.68. The number of aromatic nitrogens is 2. The van der Waals surface area contributed by atoms with E-state index in [-0.39, 0.29) is 0 Å². The molecule has 32 heavy (non-hydrogen) atoms. The second kappa shape index (κ2) is 8.04. The van der Waals surface area contributed by atoms with E-state index in [1.165, 1.54) is 0 Å². The molecular weight excluding hydrogens is 402 g/mol. The van der Waals surface area contributed by atoms with Crippen LogP contribution in [0.2, 0.25) is 0 Å². The van der Waals surface area contributed by atoms with Gasteiger partial charge in [-0.1, -0.05) is 48.5 Å². The highest BCUT2D eigenvalue weighted by Crippen LogP contribution is 2.42. The number of hydrogen-bond donors (Lipinski definition) is 1. The molecule has 0 aliphatic carbocycles. The van der Waals surface area contributed by atoms with Crippen molar-refractivity contribution in [3.8, 4) is 16.9 Å². The summed E-state index contributed by atoms with van der Waals surface area (Å²) < 4.78 is 7.57. The second-order valence-corrected chi connectivity index (χ2v) is 8.21. The van der Waals surface area contributed by atoms with Gasteiger partial charge in [-0.05, 0) is 36.6 Å². The van der Waals surface area contributed by atoms with E-state index in [1.54, 1.807) is 12.0 Å². The van der Waals surface area contributed by atoms with Crippen LogP contribution < -0.4 is 4.74 Å². The number of pyridine rings is 1. The zero-order chi connectivity index (χ0) is 22.1. The van der Waals surface area contributed by atoms with Crippen LogP contribution in [0, 0.1) is 0 Å². The fourth-order valence-corrected chi connectivity index (χ4v) is 4.95. The molecule has 162 valence electrons. The summed E-state index contributed by atoms with van der Waals surface area (Å²) in [4.78, 5) is 18.9. The van der Waals surface area contributed by atoms with Gasteiger partial charge >= 0.3 is 6.09 Å². The monoisotopic (exact) mass is 427 g/mol. The fourth-order valence-electron chi connectivity index (χ4n) is 4.95. The minimum absolute atomic E-state index is 0.509. The number of nitrogens with zero attached hydrogens (tertiary/aromatic N) is 3. The molecule has 5 rings (SSSR count). The number of para-hydroxylation sites is 1. The fraction of sp³-hybridized carbons (Fsp3) is 0.231. The summed E-state index contributed by atoms with van der Waals surface area (Å²) in [6.45, 7) is 0.509. The Morgan fingerprint density at radius 1 is 1.06 bits per heavy atom. The predicted molar refractivity (Wildman–Crippen MR) is 123 cm³/mol. The van der Waals surface area contributed by atoms with Gasteiger partial charge in [0.05, 0.1) is 18.3 Å². The van der Waals surface area contributed by atoms with Gasteiger partial charge in [0.25, 0.3) is 0 Å². The molecule has 4 aromatic rings. The highest BCUT2D eigenvalue weighted by Gasteiger charge is 2.47. The van der Waals surface area contributed by atoms with E-state index in [4.69, 9.17) is 9.72 Å². The van der Waals surface area contributed by atoms with Crippen molar-refractivity contribution in [3.63, 3.8) is 0 Å². The first-order valence-corrected chi connectivity index (χ1v) is 10.8. The first-order chi connectivity index (χ1) is 15.6. The van der Waals surface area contributed by atoms with Crippen LogP contribution in [0.5, 0.6) is 5.75 Å². The van der Waals surface area contributed by atoms with Gasteiger partial charge in [0.2, 0.25) is 0 Å². The van der Waals surface area contributed by atoms with Crippen molar-refractivity contribution in [2.24, 2.45) is 0 Å². The number of rotatable bonds is 5. The summed E-state index contributed by atoms with van der Waals surface area (Å²) in [5, 5.41) is 10.0. The number of carboxylic acid groups (broad SMARTS) is 1. The van der Waals surface area contributed by atoms with Crippen molar-refractivity contribution in [3.05, 3.63) is 90.4 Å². The summed E-state index contributed by atoms with van der Waals surface area (Å²) in [5.41, 5.74) is 3.88. The van der Waals surface area contributed by atoms with Crippen molar-refractivity contribution in [2.75, 3.05) is 13.7 Å². The minimum Gasteiger partial charge on any atom is -0.496 e. The van der Waals surface area contributed by atoms with Crippen molar-refractivity contribution < 1.29 is 14.6 Å².